The second-order valence-electron chi connectivity index (χ2n) is 5.05. The fourth-order valence-corrected chi connectivity index (χ4v) is 2.40. The Labute approximate surface area is 137 Å². The van der Waals surface area contributed by atoms with Gasteiger partial charge in [-0.1, -0.05) is 11.6 Å². The van der Waals surface area contributed by atoms with Gasteiger partial charge in [0.05, 0.1) is 6.54 Å². The lowest BCUT2D eigenvalue weighted by molar-refractivity contribution is -0.121. The molecule has 21 heavy (non-hydrogen) atoms. The van der Waals surface area contributed by atoms with E-state index in [1.807, 2.05) is 12.1 Å². The minimum absolute atomic E-state index is 0. The molecule has 1 atom stereocenters. The highest BCUT2D eigenvalue weighted by atomic mass is 35.5. The molecular weight excluding hydrogens is 311 g/mol. The Morgan fingerprint density at radius 1 is 1.38 bits per heavy atom. The van der Waals surface area contributed by atoms with E-state index in [-0.39, 0.29) is 18.3 Å². The average molecular weight is 333 g/mol. The molecule has 118 valence electrons. The van der Waals surface area contributed by atoms with Crippen LogP contribution in [0.4, 0.5) is 0 Å². The molecule has 0 saturated carbocycles. The van der Waals surface area contributed by atoms with Crippen molar-refractivity contribution in [3.63, 3.8) is 0 Å². The summed E-state index contributed by atoms with van der Waals surface area (Å²) in [4.78, 5) is 11.7. The molecule has 1 heterocycles. The number of halogens is 2. The predicted molar refractivity (Wildman–Crippen MR) is 87.4 cm³/mol. The highest BCUT2D eigenvalue weighted by Crippen LogP contribution is 2.15. The van der Waals surface area contributed by atoms with Crippen molar-refractivity contribution in [1.82, 2.24) is 10.6 Å². The molecule has 1 aliphatic heterocycles. The highest BCUT2D eigenvalue weighted by molar-refractivity contribution is 6.30. The van der Waals surface area contributed by atoms with Crippen LogP contribution in [-0.2, 0) is 4.79 Å². The van der Waals surface area contributed by atoms with Gasteiger partial charge < -0.3 is 15.4 Å². The standard InChI is InChI=1S/C15H21ClN2O2.ClH/c16-13-2-4-14(5-3-13)20-10-9-18-15(19)6-1-12-7-8-17-11-12;/h2-5,12,17H,1,6-11H2,(H,18,19);1H. The summed E-state index contributed by atoms with van der Waals surface area (Å²) in [7, 11) is 0. The lowest BCUT2D eigenvalue weighted by Gasteiger charge is -2.09. The molecule has 1 saturated heterocycles. The number of benzene rings is 1. The molecule has 0 aromatic heterocycles. The number of hydrogen-bond donors (Lipinski definition) is 2. The molecule has 2 rings (SSSR count). The van der Waals surface area contributed by atoms with Crippen molar-refractivity contribution >= 4 is 29.9 Å². The number of carbonyl (C=O) groups is 1. The monoisotopic (exact) mass is 332 g/mol. The maximum atomic E-state index is 11.7. The third kappa shape index (κ3) is 7.02. The lowest BCUT2D eigenvalue weighted by Crippen LogP contribution is -2.28. The summed E-state index contributed by atoms with van der Waals surface area (Å²) in [6.07, 6.45) is 2.76. The summed E-state index contributed by atoms with van der Waals surface area (Å²) in [5.74, 6) is 1.53. The number of hydrogen-bond acceptors (Lipinski definition) is 3. The summed E-state index contributed by atoms with van der Waals surface area (Å²) in [5, 5.41) is 6.87. The topological polar surface area (TPSA) is 50.4 Å². The van der Waals surface area contributed by atoms with Crippen molar-refractivity contribution in [3.8, 4) is 5.75 Å². The van der Waals surface area contributed by atoms with Crippen molar-refractivity contribution in [1.29, 1.82) is 0 Å². The van der Waals surface area contributed by atoms with Crippen LogP contribution in [-0.4, -0.2) is 32.1 Å². The van der Waals surface area contributed by atoms with Gasteiger partial charge in [-0.05, 0) is 56.1 Å². The van der Waals surface area contributed by atoms with Gasteiger partial charge in [-0.25, -0.2) is 0 Å². The van der Waals surface area contributed by atoms with Gasteiger partial charge in [0, 0.05) is 11.4 Å². The Balaban J connectivity index is 0.00000220. The fourth-order valence-electron chi connectivity index (χ4n) is 2.27. The van der Waals surface area contributed by atoms with Crippen molar-refractivity contribution < 1.29 is 9.53 Å². The van der Waals surface area contributed by atoms with Crippen LogP contribution >= 0.6 is 24.0 Å². The summed E-state index contributed by atoms with van der Waals surface area (Å²) < 4.78 is 5.51. The first kappa shape index (κ1) is 18.1. The lowest BCUT2D eigenvalue weighted by atomic mass is 10.0. The van der Waals surface area contributed by atoms with Crippen LogP contribution in [0.5, 0.6) is 5.75 Å². The normalized spacial score (nSPS) is 17.1. The zero-order valence-electron chi connectivity index (χ0n) is 11.9. The summed E-state index contributed by atoms with van der Waals surface area (Å²) in [6, 6.07) is 7.20. The van der Waals surface area contributed by atoms with E-state index >= 15 is 0 Å². The van der Waals surface area contributed by atoms with E-state index in [9.17, 15) is 4.79 Å². The first-order valence-corrected chi connectivity index (χ1v) is 7.47. The molecule has 2 N–H and O–H groups in total. The van der Waals surface area contributed by atoms with Crippen molar-refractivity contribution in [3.05, 3.63) is 29.3 Å². The summed E-state index contributed by atoms with van der Waals surface area (Å²) >= 11 is 5.79. The molecule has 0 bridgehead atoms. The van der Waals surface area contributed by atoms with Crippen molar-refractivity contribution in [2.24, 2.45) is 5.92 Å². The van der Waals surface area contributed by atoms with Crippen LogP contribution in [0.15, 0.2) is 24.3 Å². The van der Waals surface area contributed by atoms with E-state index in [1.54, 1.807) is 12.1 Å². The smallest absolute Gasteiger partial charge is 0.220 e. The predicted octanol–water partition coefficient (Wildman–Crippen LogP) is 2.65. The minimum atomic E-state index is 0. The van der Waals surface area contributed by atoms with Gasteiger partial charge in [0.1, 0.15) is 12.4 Å². The Kier molecular flexibility index (Phi) is 8.50. The summed E-state index contributed by atoms with van der Waals surface area (Å²) in [6.45, 7) is 3.14. The number of nitrogens with one attached hydrogen (secondary N) is 2. The molecule has 6 heteroatoms. The van der Waals surface area contributed by atoms with Crippen molar-refractivity contribution in [2.45, 2.75) is 19.3 Å². The largest absolute Gasteiger partial charge is 0.492 e. The van der Waals surface area contributed by atoms with Gasteiger partial charge in [-0.15, -0.1) is 12.4 Å². The first-order valence-electron chi connectivity index (χ1n) is 7.10. The molecular formula is C15H22Cl2N2O2. The summed E-state index contributed by atoms with van der Waals surface area (Å²) in [5.41, 5.74) is 0. The quantitative estimate of drug-likeness (QED) is 0.754. The second kappa shape index (κ2) is 9.87. The third-order valence-corrected chi connectivity index (χ3v) is 3.70. The second-order valence-corrected chi connectivity index (χ2v) is 5.49. The molecule has 1 fully saturated rings. The number of rotatable bonds is 7. The maximum Gasteiger partial charge on any atom is 0.220 e. The number of carbonyl (C=O) groups excluding carboxylic acids is 1. The van der Waals surface area contributed by atoms with E-state index in [4.69, 9.17) is 16.3 Å². The SMILES string of the molecule is Cl.O=C(CCC1CCNC1)NCCOc1ccc(Cl)cc1. The number of amides is 1. The highest BCUT2D eigenvalue weighted by Gasteiger charge is 2.15. The Hall–Kier alpha value is -0.970. The van der Waals surface area contributed by atoms with Crippen LogP contribution < -0.4 is 15.4 Å². The Bertz CT molecular complexity index is 420. The van der Waals surface area contributed by atoms with Gasteiger partial charge in [-0.3, -0.25) is 4.79 Å². The molecule has 0 radical (unpaired) electrons. The van der Waals surface area contributed by atoms with Crippen LogP contribution in [0.1, 0.15) is 19.3 Å². The van der Waals surface area contributed by atoms with E-state index in [2.05, 4.69) is 10.6 Å². The third-order valence-electron chi connectivity index (χ3n) is 3.45. The van der Waals surface area contributed by atoms with Crippen LogP contribution in [0.25, 0.3) is 0 Å². The Morgan fingerprint density at radius 2 is 2.14 bits per heavy atom. The molecule has 4 nitrogen and oxygen atoms in total. The first-order chi connectivity index (χ1) is 9.74. The van der Waals surface area contributed by atoms with Gasteiger partial charge in [0.25, 0.3) is 0 Å². The van der Waals surface area contributed by atoms with Gasteiger partial charge in [0.15, 0.2) is 0 Å². The van der Waals surface area contributed by atoms with Crippen LogP contribution in [0.3, 0.4) is 0 Å². The molecule has 1 unspecified atom stereocenters. The molecule has 1 aromatic rings. The molecule has 1 aromatic carbocycles. The molecule has 1 amide bonds. The van der Waals surface area contributed by atoms with E-state index in [0.717, 1.165) is 25.3 Å². The van der Waals surface area contributed by atoms with Crippen LogP contribution in [0.2, 0.25) is 5.02 Å². The Morgan fingerprint density at radius 3 is 2.81 bits per heavy atom. The van der Waals surface area contributed by atoms with Gasteiger partial charge in [0.2, 0.25) is 5.91 Å². The minimum Gasteiger partial charge on any atom is -0.492 e. The fraction of sp³-hybridized carbons (Fsp3) is 0.533. The maximum absolute atomic E-state index is 11.7. The van der Waals surface area contributed by atoms with E-state index in [0.29, 0.717) is 30.5 Å². The zero-order chi connectivity index (χ0) is 14.2. The van der Waals surface area contributed by atoms with Crippen molar-refractivity contribution in [2.75, 3.05) is 26.2 Å². The molecule has 1 aliphatic rings. The molecule has 0 spiro atoms. The van der Waals surface area contributed by atoms with Gasteiger partial charge in [-0.2, -0.15) is 0 Å². The van der Waals surface area contributed by atoms with Crippen LogP contribution in [0, 0.1) is 5.92 Å². The number of ether oxygens (including phenoxy) is 1. The average Bonchev–Trinajstić information content (AvgIpc) is 2.96. The zero-order valence-corrected chi connectivity index (χ0v) is 13.5. The van der Waals surface area contributed by atoms with Gasteiger partial charge >= 0.3 is 0 Å². The van der Waals surface area contributed by atoms with E-state index in [1.165, 1.54) is 6.42 Å². The van der Waals surface area contributed by atoms with E-state index < -0.39 is 0 Å². The molecule has 0 aliphatic carbocycles.